The van der Waals surface area contributed by atoms with E-state index >= 15 is 0 Å². The molecule has 0 saturated heterocycles. The Labute approximate surface area is 382 Å². The number of likely N-dealkylation sites (N-methyl/N-ethyl adjacent to an activating group) is 1. The maximum atomic E-state index is 14.8. The summed E-state index contributed by atoms with van der Waals surface area (Å²) in [5.74, 6) is -0.579. The molecule has 14 heteroatoms. The predicted octanol–water partition coefficient (Wildman–Crippen LogP) is 10.6. The number of esters is 1. The van der Waals surface area contributed by atoms with Crippen molar-refractivity contribution in [3.63, 3.8) is 0 Å². The van der Waals surface area contributed by atoms with E-state index in [0.29, 0.717) is 42.4 Å². The summed E-state index contributed by atoms with van der Waals surface area (Å²) in [4.78, 5) is 52.4. The lowest BCUT2D eigenvalue weighted by molar-refractivity contribution is -0.110. The van der Waals surface area contributed by atoms with E-state index in [2.05, 4.69) is 22.3 Å². The number of methoxy groups -OCH3 is 1. The van der Waals surface area contributed by atoms with Crippen molar-refractivity contribution < 1.29 is 32.3 Å². The topological polar surface area (TPSA) is 168 Å². The normalized spacial score (nSPS) is 13.6. The summed E-state index contributed by atoms with van der Waals surface area (Å²) < 4.78 is 37.3. The molecular formula is C50H72N6O7S. The van der Waals surface area contributed by atoms with Gasteiger partial charge >= 0.3 is 5.97 Å². The van der Waals surface area contributed by atoms with Crippen LogP contribution < -0.4 is 25.0 Å². The van der Waals surface area contributed by atoms with Crippen molar-refractivity contribution in [1.82, 2.24) is 4.72 Å². The number of sulfonamides is 1. The van der Waals surface area contributed by atoms with Crippen LogP contribution in [0.1, 0.15) is 149 Å². The van der Waals surface area contributed by atoms with Gasteiger partial charge in [-0.1, -0.05) is 109 Å². The van der Waals surface area contributed by atoms with Crippen molar-refractivity contribution in [3.8, 4) is 5.75 Å². The zero-order valence-corrected chi connectivity index (χ0v) is 39.7. The Hall–Kier alpha value is -5.08. The first-order valence-electron chi connectivity index (χ1n) is 23.4. The number of rotatable bonds is 28. The highest BCUT2D eigenvalue weighted by Gasteiger charge is 2.25. The van der Waals surface area contributed by atoms with Crippen LogP contribution >= 0.6 is 0 Å². The van der Waals surface area contributed by atoms with Crippen molar-refractivity contribution in [2.45, 2.75) is 136 Å². The average molecular weight is 901 g/mol. The minimum atomic E-state index is -3.34. The highest BCUT2D eigenvalue weighted by atomic mass is 32.2. The Morgan fingerprint density at radius 3 is 2.12 bits per heavy atom. The number of amides is 1. The van der Waals surface area contributed by atoms with Crippen LogP contribution in [0.15, 0.2) is 70.6 Å². The van der Waals surface area contributed by atoms with Crippen molar-refractivity contribution in [2.24, 2.45) is 9.98 Å². The maximum Gasteiger partial charge on any atom is 0.338 e. The number of ether oxygens (including phenoxy) is 2. The van der Waals surface area contributed by atoms with Crippen LogP contribution in [0.2, 0.25) is 0 Å². The van der Waals surface area contributed by atoms with Crippen molar-refractivity contribution in [1.29, 1.82) is 0 Å². The van der Waals surface area contributed by atoms with Crippen LogP contribution in [0, 0.1) is 6.92 Å². The summed E-state index contributed by atoms with van der Waals surface area (Å²) in [6.45, 7) is 7.76. The van der Waals surface area contributed by atoms with Gasteiger partial charge < -0.3 is 25.0 Å². The number of aryl methyl sites for hydroxylation is 1. The van der Waals surface area contributed by atoms with Crippen LogP contribution in [0.3, 0.4) is 0 Å². The van der Waals surface area contributed by atoms with Crippen molar-refractivity contribution in [2.75, 3.05) is 55.1 Å². The lowest BCUT2D eigenvalue weighted by atomic mass is 9.96. The number of benzene rings is 3. The van der Waals surface area contributed by atoms with Gasteiger partial charge in [-0.05, 0) is 87.2 Å². The summed E-state index contributed by atoms with van der Waals surface area (Å²) in [6, 6.07) is 17.3. The molecule has 4 rings (SSSR count). The minimum Gasteiger partial charge on any atom is -0.495 e. The summed E-state index contributed by atoms with van der Waals surface area (Å²) in [5.41, 5.74) is 3.47. The fourth-order valence-electron chi connectivity index (χ4n) is 7.82. The van der Waals surface area contributed by atoms with Gasteiger partial charge in [-0.15, -0.1) is 0 Å². The fourth-order valence-corrected chi connectivity index (χ4v) is 8.28. The molecule has 1 saturated carbocycles. The SMILES string of the molecule is CCCCCCCCCCCCCCOC(=O)c1ccc(OC)c(NC(=O)C(=Nc2ccc(N(CC)CCNS(C)(=O)=O)cc2C)C(=NC2CCCCC2)Nc2ccccc2C=O)c1. The molecule has 0 aliphatic heterocycles. The molecule has 0 spiro atoms. The summed E-state index contributed by atoms with van der Waals surface area (Å²) in [7, 11) is -1.85. The third-order valence-electron chi connectivity index (χ3n) is 11.5. The Balaban J connectivity index is 1.58. The maximum absolute atomic E-state index is 14.8. The Morgan fingerprint density at radius 1 is 0.828 bits per heavy atom. The Kier molecular flexibility index (Phi) is 22.5. The van der Waals surface area contributed by atoms with E-state index in [1.165, 1.54) is 64.9 Å². The largest absolute Gasteiger partial charge is 0.495 e. The number of nitrogens with one attached hydrogen (secondary N) is 3. The van der Waals surface area contributed by atoms with Crippen LogP contribution in [0.25, 0.3) is 0 Å². The molecule has 0 aromatic heterocycles. The Morgan fingerprint density at radius 2 is 1.50 bits per heavy atom. The van der Waals surface area contributed by atoms with E-state index in [-0.39, 0.29) is 35.4 Å². The van der Waals surface area contributed by atoms with Gasteiger partial charge in [0.2, 0.25) is 10.0 Å². The van der Waals surface area contributed by atoms with Crippen LogP contribution in [-0.4, -0.2) is 83.8 Å². The van der Waals surface area contributed by atoms with Gasteiger partial charge in [0.1, 0.15) is 5.75 Å². The number of amidine groups is 1. The second-order valence-corrected chi connectivity index (χ2v) is 18.5. The number of para-hydroxylation sites is 1. The van der Waals surface area contributed by atoms with E-state index < -0.39 is 21.9 Å². The lowest BCUT2D eigenvalue weighted by Gasteiger charge is -2.24. The molecule has 1 fully saturated rings. The number of aliphatic imine (C=N–C) groups is 2. The monoisotopic (exact) mass is 901 g/mol. The van der Waals surface area contributed by atoms with Gasteiger partial charge in [-0.3, -0.25) is 14.6 Å². The van der Waals surface area contributed by atoms with Crippen molar-refractivity contribution >= 4 is 62.5 Å². The molecule has 13 nitrogen and oxygen atoms in total. The van der Waals surface area contributed by atoms with Crippen molar-refractivity contribution in [3.05, 3.63) is 77.4 Å². The van der Waals surface area contributed by atoms with E-state index in [1.54, 1.807) is 42.5 Å². The molecule has 1 amide bonds. The van der Waals surface area contributed by atoms with Crippen LogP contribution in [0.5, 0.6) is 5.75 Å². The van der Waals surface area contributed by atoms with Gasteiger partial charge in [0.25, 0.3) is 5.91 Å². The predicted molar refractivity (Wildman–Crippen MR) is 262 cm³/mol. The second kappa shape index (κ2) is 28.0. The molecule has 3 N–H and O–H groups in total. The molecule has 1 aliphatic rings. The van der Waals surface area contributed by atoms with Gasteiger partial charge in [0.05, 0.1) is 48.6 Å². The smallest absolute Gasteiger partial charge is 0.338 e. The average Bonchev–Trinajstić information content (AvgIpc) is 3.28. The molecular weight excluding hydrogens is 829 g/mol. The highest BCUT2D eigenvalue weighted by Crippen LogP contribution is 2.29. The first-order chi connectivity index (χ1) is 31.0. The second-order valence-electron chi connectivity index (χ2n) is 16.7. The minimum absolute atomic E-state index is 0.0335. The van der Waals surface area contributed by atoms with Crippen LogP contribution in [-0.2, 0) is 19.6 Å². The van der Waals surface area contributed by atoms with E-state index in [4.69, 9.17) is 19.5 Å². The molecule has 3 aromatic carbocycles. The van der Waals surface area contributed by atoms with Gasteiger partial charge in [0.15, 0.2) is 17.8 Å². The number of aldehydes is 1. The van der Waals surface area contributed by atoms with E-state index in [0.717, 1.165) is 75.2 Å². The quantitative estimate of drug-likeness (QED) is 0.0211. The molecule has 350 valence electrons. The molecule has 64 heavy (non-hydrogen) atoms. The van der Waals surface area contributed by atoms with Gasteiger partial charge in [0, 0.05) is 30.9 Å². The van der Waals surface area contributed by atoms with E-state index in [1.807, 2.05) is 36.9 Å². The number of unbranched alkanes of at least 4 members (excludes halogenated alkanes) is 11. The molecule has 1 aliphatic carbocycles. The fraction of sp³-hybridized carbons (Fsp3) is 0.540. The zero-order valence-electron chi connectivity index (χ0n) is 38.9. The number of nitrogens with zero attached hydrogens (tertiary/aromatic N) is 3. The van der Waals surface area contributed by atoms with Crippen LogP contribution in [0.4, 0.5) is 22.7 Å². The number of carbonyl (C=O) groups excluding carboxylic acids is 3. The highest BCUT2D eigenvalue weighted by molar-refractivity contribution is 7.88. The number of anilines is 3. The molecule has 0 heterocycles. The third-order valence-corrected chi connectivity index (χ3v) is 12.2. The summed E-state index contributed by atoms with van der Waals surface area (Å²) in [5, 5.41) is 6.26. The third kappa shape index (κ3) is 17.8. The Bertz CT molecular complexity index is 2120. The zero-order chi connectivity index (χ0) is 46.2. The number of hydrogen-bond acceptors (Lipinski definition) is 10. The molecule has 3 aromatic rings. The van der Waals surface area contributed by atoms with E-state index in [9.17, 15) is 22.8 Å². The molecule has 0 radical (unpaired) electrons. The van der Waals surface area contributed by atoms with Gasteiger partial charge in [-0.2, -0.15) is 0 Å². The van der Waals surface area contributed by atoms with Gasteiger partial charge in [-0.25, -0.2) is 22.9 Å². The number of hydrogen-bond donors (Lipinski definition) is 3. The first kappa shape index (κ1) is 51.6. The standard InChI is InChI=1S/C50H72N6O7S/c1-6-8-9-10-11-12-13-14-15-16-17-23-34-63-50(59)39-28-31-46(62-4)45(36-39)55-49(58)47(48(52-41-25-19-18-20-26-41)54-44-27-22-21-24-40(44)37-57)53-43-30-29-42(35-38(43)3)56(7-2)33-32-51-64(5,60)61/h21-22,24,27-31,35-37,41,51H,6-20,23,25-26,32-34H2,1-5H3,(H,52,54)(H,55,58). The lowest BCUT2D eigenvalue weighted by Crippen LogP contribution is -2.36. The number of carbonyl (C=O) groups is 3. The molecule has 0 unspecified atom stereocenters. The molecule has 0 bridgehead atoms. The molecule has 0 atom stereocenters. The summed E-state index contributed by atoms with van der Waals surface area (Å²) >= 11 is 0. The first-order valence-corrected chi connectivity index (χ1v) is 25.3. The summed E-state index contributed by atoms with van der Waals surface area (Å²) in [6.07, 6.45) is 21.2.